The van der Waals surface area contributed by atoms with Crippen molar-refractivity contribution < 1.29 is 14.3 Å². The van der Waals surface area contributed by atoms with Gasteiger partial charge in [-0.05, 0) is 50.6 Å². The molecule has 30 heavy (non-hydrogen) atoms. The number of morpholine rings is 1. The minimum Gasteiger partial charge on any atom is -0.365 e. The molecule has 10 heteroatoms. The fourth-order valence-corrected chi connectivity index (χ4v) is 4.19. The standard InChI is InChI=1S/C20H29N5O5/c26-17-12-30-15(7-21-18(27)16-8-22-20(29)23-19(16)28)11-25(17)10-14-3-5-24(6-4-14)9-13-1-2-13/h8,13-15H,1-7,9-12H2,(H,21,27)(H2,22,23,28,29)/t15-/m1/s1. The number of piperidine rings is 1. The lowest BCUT2D eigenvalue weighted by Gasteiger charge is -2.38. The van der Waals surface area contributed by atoms with Crippen LogP contribution in [-0.2, 0) is 9.53 Å². The first kappa shape index (κ1) is 20.8. The molecule has 4 rings (SSSR count). The number of H-pyrrole nitrogens is 2. The van der Waals surface area contributed by atoms with E-state index in [2.05, 4.69) is 15.2 Å². The number of aromatic amines is 2. The maximum absolute atomic E-state index is 12.3. The number of ether oxygens (including phenoxy) is 1. The number of amides is 2. The number of rotatable bonds is 7. The number of nitrogens with one attached hydrogen (secondary N) is 3. The Bertz CT molecular complexity index is 884. The van der Waals surface area contributed by atoms with E-state index >= 15 is 0 Å². The zero-order valence-corrected chi connectivity index (χ0v) is 17.0. The maximum atomic E-state index is 12.3. The van der Waals surface area contributed by atoms with E-state index in [0.717, 1.165) is 44.6 Å². The van der Waals surface area contributed by atoms with E-state index in [4.69, 9.17) is 4.74 Å². The van der Waals surface area contributed by atoms with Crippen molar-refractivity contribution in [3.05, 3.63) is 32.6 Å². The van der Waals surface area contributed by atoms with Crippen molar-refractivity contribution in [2.75, 3.05) is 45.9 Å². The minimum absolute atomic E-state index is 0.000300. The van der Waals surface area contributed by atoms with Crippen molar-refractivity contribution >= 4 is 11.8 Å². The molecule has 3 N–H and O–H groups in total. The molecule has 0 bridgehead atoms. The van der Waals surface area contributed by atoms with Crippen LogP contribution in [0.3, 0.4) is 0 Å². The predicted octanol–water partition coefficient (Wildman–Crippen LogP) is -0.858. The predicted molar refractivity (Wildman–Crippen MR) is 108 cm³/mol. The first-order chi connectivity index (χ1) is 14.5. The molecule has 1 aromatic heterocycles. The Morgan fingerprint density at radius 1 is 1.10 bits per heavy atom. The van der Waals surface area contributed by atoms with Crippen molar-refractivity contribution in [2.24, 2.45) is 11.8 Å². The Labute approximate surface area is 174 Å². The molecular formula is C20H29N5O5. The largest absolute Gasteiger partial charge is 0.365 e. The lowest BCUT2D eigenvalue weighted by atomic mass is 9.95. The minimum atomic E-state index is -0.745. The van der Waals surface area contributed by atoms with E-state index in [-0.39, 0.29) is 30.7 Å². The Balaban J connectivity index is 1.24. The van der Waals surface area contributed by atoms with E-state index in [9.17, 15) is 19.2 Å². The molecule has 2 amide bonds. The first-order valence-corrected chi connectivity index (χ1v) is 10.7. The molecule has 1 saturated carbocycles. The van der Waals surface area contributed by atoms with Crippen molar-refractivity contribution in [1.82, 2.24) is 25.1 Å². The fourth-order valence-electron chi connectivity index (χ4n) is 4.19. The Morgan fingerprint density at radius 2 is 1.83 bits per heavy atom. The number of nitrogens with zero attached hydrogens (tertiary/aromatic N) is 2. The summed E-state index contributed by atoms with van der Waals surface area (Å²) in [6.07, 6.45) is 5.71. The molecule has 2 aliphatic heterocycles. The van der Waals surface area contributed by atoms with Crippen LogP contribution in [0.15, 0.2) is 15.8 Å². The van der Waals surface area contributed by atoms with Crippen molar-refractivity contribution in [3.63, 3.8) is 0 Å². The van der Waals surface area contributed by atoms with E-state index in [1.807, 2.05) is 9.88 Å². The molecule has 3 aliphatic rings. The zero-order chi connectivity index (χ0) is 21.1. The molecule has 2 saturated heterocycles. The van der Waals surface area contributed by atoms with Crippen molar-refractivity contribution in [2.45, 2.75) is 31.8 Å². The molecule has 3 heterocycles. The Kier molecular flexibility index (Phi) is 6.33. The number of carbonyl (C=O) groups is 2. The number of likely N-dealkylation sites (tertiary alicyclic amines) is 1. The van der Waals surface area contributed by atoms with Crippen LogP contribution < -0.4 is 16.6 Å². The summed E-state index contributed by atoms with van der Waals surface area (Å²) in [5.74, 6) is 0.792. The maximum Gasteiger partial charge on any atom is 0.325 e. The van der Waals surface area contributed by atoms with Gasteiger partial charge in [0.25, 0.3) is 11.5 Å². The molecule has 0 unspecified atom stereocenters. The molecule has 1 atom stereocenters. The Morgan fingerprint density at radius 3 is 2.53 bits per heavy atom. The average Bonchev–Trinajstić information content (AvgIpc) is 3.54. The number of aromatic nitrogens is 2. The zero-order valence-electron chi connectivity index (χ0n) is 17.0. The monoisotopic (exact) mass is 419 g/mol. The van der Waals surface area contributed by atoms with Gasteiger partial charge in [0, 0.05) is 32.4 Å². The van der Waals surface area contributed by atoms with Crippen LogP contribution in [0.25, 0.3) is 0 Å². The van der Waals surface area contributed by atoms with Crippen LogP contribution in [0.4, 0.5) is 0 Å². The van der Waals surface area contributed by atoms with E-state index in [1.165, 1.54) is 19.4 Å². The van der Waals surface area contributed by atoms with Gasteiger partial charge in [-0.3, -0.25) is 19.4 Å². The first-order valence-electron chi connectivity index (χ1n) is 10.7. The SMILES string of the molecule is O=C(NC[C@@H]1CN(CC2CCN(CC3CC3)CC2)C(=O)CO1)c1c[nH]c(=O)[nH]c1=O. The third-order valence-corrected chi connectivity index (χ3v) is 6.17. The second-order valence-electron chi connectivity index (χ2n) is 8.61. The smallest absolute Gasteiger partial charge is 0.325 e. The lowest BCUT2D eigenvalue weighted by Crippen LogP contribution is -2.52. The molecule has 10 nitrogen and oxygen atoms in total. The molecule has 164 valence electrons. The van der Waals surface area contributed by atoms with Gasteiger partial charge < -0.3 is 24.8 Å². The molecule has 0 spiro atoms. The highest BCUT2D eigenvalue weighted by Crippen LogP contribution is 2.31. The van der Waals surface area contributed by atoms with Crippen molar-refractivity contribution in [1.29, 1.82) is 0 Å². The third-order valence-electron chi connectivity index (χ3n) is 6.17. The second kappa shape index (κ2) is 9.13. The summed E-state index contributed by atoms with van der Waals surface area (Å²) >= 11 is 0. The van der Waals surface area contributed by atoms with Gasteiger partial charge in [-0.1, -0.05) is 0 Å². The summed E-state index contributed by atoms with van der Waals surface area (Å²) in [5.41, 5.74) is -1.58. The van der Waals surface area contributed by atoms with Crippen molar-refractivity contribution in [3.8, 4) is 0 Å². The van der Waals surface area contributed by atoms with Crippen LogP contribution in [-0.4, -0.2) is 83.6 Å². The summed E-state index contributed by atoms with van der Waals surface area (Å²) < 4.78 is 5.56. The van der Waals surface area contributed by atoms with Gasteiger partial charge in [-0.25, -0.2) is 4.79 Å². The topological polar surface area (TPSA) is 128 Å². The highest BCUT2D eigenvalue weighted by molar-refractivity contribution is 5.93. The number of hydrogen-bond acceptors (Lipinski definition) is 6. The van der Waals surface area contributed by atoms with Gasteiger partial charge in [0.15, 0.2) is 0 Å². The fraction of sp³-hybridized carbons (Fsp3) is 0.700. The van der Waals surface area contributed by atoms with Gasteiger partial charge in [-0.15, -0.1) is 0 Å². The van der Waals surface area contributed by atoms with Gasteiger partial charge >= 0.3 is 5.69 Å². The van der Waals surface area contributed by atoms with E-state index in [1.54, 1.807) is 0 Å². The summed E-state index contributed by atoms with van der Waals surface area (Å²) in [6.45, 7) is 4.76. The molecule has 0 aromatic carbocycles. The highest BCUT2D eigenvalue weighted by atomic mass is 16.5. The molecular weight excluding hydrogens is 390 g/mol. The van der Waals surface area contributed by atoms with E-state index in [0.29, 0.717) is 12.5 Å². The van der Waals surface area contributed by atoms with Gasteiger partial charge in [-0.2, -0.15) is 0 Å². The molecule has 1 aromatic rings. The number of carbonyl (C=O) groups excluding carboxylic acids is 2. The molecule has 1 aliphatic carbocycles. The van der Waals surface area contributed by atoms with E-state index < -0.39 is 17.2 Å². The van der Waals surface area contributed by atoms with Crippen LogP contribution in [0.2, 0.25) is 0 Å². The second-order valence-corrected chi connectivity index (χ2v) is 8.61. The third kappa shape index (κ3) is 5.37. The summed E-state index contributed by atoms with van der Waals surface area (Å²) in [7, 11) is 0. The Hall–Kier alpha value is -2.46. The average molecular weight is 419 g/mol. The lowest BCUT2D eigenvalue weighted by molar-refractivity contribution is -0.149. The van der Waals surface area contributed by atoms with Crippen LogP contribution >= 0.6 is 0 Å². The molecule has 0 radical (unpaired) electrons. The summed E-state index contributed by atoms with van der Waals surface area (Å²) in [6, 6.07) is 0. The molecule has 3 fully saturated rings. The van der Waals surface area contributed by atoms with Crippen LogP contribution in [0.5, 0.6) is 0 Å². The van der Waals surface area contributed by atoms with Gasteiger partial charge in [0.2, 0.25) is 5.91 Å². The quantitative estimate of drug-likeness (QED) is 0.528. The normalized spacial score (nSPS) is 23.5. The van der Waals surface area contributed by atoms with Crippen LogP contribution in [0.1, 0.15) is 36.0 Å². The van der Waals surface area contributed by atoms with Gasteiger partial charge in [0.1, 0.15) is 12.2 Å². The number of hydrogen-bond donors (Lipinski definition) is 3. The van der Waals surface area contributed by atoms with Crippen LogP contribution in [0, 0.1) is 11.8 Å². The summed E-state index contributed by atoms with van der Waals surface area (Å²) in [4.78, 5) is 55.9. The summed E-state index contributed by atoms with van der Waals surface area (Å²) in [5, 5.41) is 2.65. The van der Waals surface area contributed by atoms with Gasteiger partial charge in [0.05, 0.1) is 6.10 Å². The highest BCUT2D eigenvalue weighted by Gasteiger charge is 2.31.